The molecule has 3 fully saturated rings. The van der Waals surface area contributed by atoms with E-state index in [4.69, 9.17) is 5.73 Å². The summed E-state index contributed by atoms with van der Waals surface area (Å²) < 4.78 is 0. The van der Waals surface area contributed by atoms with Gasteiger partial charge in [0.2, 0.25) is 11.8 Å². The van der Waals surface area contributed by atoms with Crippen LogP contribution in [0.3, 0.4) is 0 Å². The van der Waals surface area contributed by atoms with E-state index in [9.17, 15) is 24.3 Å². The van der Waals surface area contributed by atoms with Gasteiger partial charge in [-0.3, -0.25) is 29.4 Å². The van der Waals surface area contributed by atoms with Crippen LogP contribution >= 0.6 is 0 Å². The fourth-order valence-corrected chi connectivity index (χ4v) is 8.06. The third-order valence-corrected chi connectivity index (χ3v) is 10.9. The molecule has 1 aromatic heterocycles. The number of benzene rings is 3. The van der Waals surface area contributed by atoms with E-state index in [1.165, 1.54) is 0 Å². The van der Waals surface area contributed by atoms with E-state index in [0.717, 1.165) is 73.6 Å². The SMILES string of the molecule is Nc1nnc(-c2ccccc2O)cc1-c1ccc(N2CCC(N3CCC(Nc4cccc5c4C(=O)N(C4CCC(=O)NC4=O)C5=O)CC3)CC2)cc1. The summed E-state index contributed by atoms with van der Waals surface area (Å²) in [7, 11) is 0. The average Bonchev–Trinajstić information content (AvgIpc) is 3.42. The van der Waals surface area contributed by atoms with E-state index < -0.39 is 29.7 Å². The second kappa shape index (κ2) is 13.7. The molecule has 4 aliphatic rings. The second-order valence-corrected chi connectivity index (χ2v) is 13.9. The molecule has 0 saturated carbocycles. The van der Waals surface area contributed by atoms with E-state index in [2.05, 4.69) is 54.9 Å². The molecular weight excluding hydrogens is 660 g/mol. The number of rotatable bonds is 7. The smallest absolute Gasteiger partial charge is 0.264 e. The fraction of sp³-hybridized carbons (Fsp3) is 0.333. The number of nitrogen functional groups attached to an aromatic ring is 1. The van der Waals surface area contributed by atoms with E-state index in [1.54, 1.807) is 30.3 Å². The second-order valence-electron chi connectivity index (χ2n) is 13.9. The number of aromatic hydroxyl groups is 1. The van der Waals surface area contributed by atoms with E-state index in [-0.39, 0.29) is 30.2 Å². The molecule has 3 aromatic carbocycles. The zero-order valence-corrected chi connectivity index (χ0v) is 28.6. The van der Waals surface area contributed by atoms with Gasteiger partial charge < -0.3 is 26.0 Å². The van der Waals surface area contributed by atoms with Gasteiger partial charge in [-0.25, -0.2) is 0 Å². The number of piperidine rings is 3. The molecule has 0 bridgehead atoms. The largest absolute Gasteiger partial charge is 0.507 e. The number of carbonyl (C=O) groups is 4. The summed E-state index contributed by atoms with van der Waals surface area (Å²) in [5.41, 5.74) is 11.4. The van der Waals surface area contributed by atoms with Crippen molar-refractivity contribution in [3.63, 3.8) is 0 Å². The summed E-state index contributed by atoms with van der Waals surface area (Å²) in [6.07, 6.45) is 4.15. The van der Waals surface area contributed by atoms with Gasteiger partial charge in [-0.05, 0) is 80.1 Å². The summed E-state index contributed by atoms with van der Waals surface area (Å²) in [5, 5.41) is 24.4. The number of carbonyl (C=O) groups excluding carboxylic acids is 4. The van der Waals surface area contributed by atoms with Crippen LogP contribution in [0.2, 0.25) is 0 Å². The van der Waals surface area contributed by atoms with Crippen LogP contribution < -0.4 is 21.3 Å². The molecule has 5 N–H and O–H groups in total. The number of nitrogens with zero attached hydrogens (tertiary/aromatic N) is 5. The van der Waals surface area contributed by atoms with Crippen molar-refractivity contribution in [2.75, 3.05) is 42.1 Å². The van der Waals surface area contributed by atoms with Gasteiger partial charge >= 0.3 is 0 Å². The minimum Gasteiger partial charge on any atom is -0.507 e. The molecule has 1 unspecified atom stereocenters. The molecule has 5 heterocycles. The van der Waals surface area contributed by atoms with Gasteiger partial charge in [0.05, 0.1) is 16.8 Å². The van der Waals surface area contributed by atoms with Crippen LogP contribution in [-0.4, -0.2) is 93.0 Å². The van der Waals surface area contributed by atoms with Gasteiger partial charge in [-0.1, -0.05) is 30.3 Å². The van der Waals surface area contributed by atoms with Gasteiger partial charge in [0.1, 0.15) is 11.8 Å². The van der Waals surface area contributed by atoms with Crippen LogP contribution in [0.25, 0.3) is 22.4 Å². The normalized spacial score (nSPS) is 20.3. The first kappa shape index (κ1) is 33.3. The summed E-state index contributed by atoms with van der Waals surface area (Å²) in [4.78, 5) is 56.9. The third kappa shape index (κ3) is 6.21. The maximum Gasteiger partial charge on any atom is 0.264 e. The lowest BCUT2D eigenvalue weighted by Gasteiger charge is -2.42. The molecule has 1 atom stereocenters. The molecule has 8 rings (SSSR count). The van der Waals surface area contributed by atoms with E-state index in [0.29, 0.717) is 34.4 Å². The van der Waals surface area contributed by atoms with Gasteiger partial charge in [-0.15, -0.1) is 10.2 Å². The zero-order valence-electron chi connectivity index (χ0n) is 28.6. The van der Waals surface area contributed by atoms with Crippen molar-refractivity contribution in [3.8, 4) is 28.1 Å². The number of nitrogens with one attached hydrogen (secondary N) is 2. The number of anilines is 3. The average molecular weight is 701 g/mol. The number of phenols is 1. The summed E-state index contributed by atoms with van der Waals surface area (Å²) >= 11 is 0. The molecule has 4 aromatic rings. The monoisotopic (exact) mass is 700 g/mol. The quantitative estimate of drug-likeness (QED) is 0.205. The molecule has 52 heavy (non-hydrogen) atoms. The standard InChI is InChI=1S/C39H40N8O5/c40-36-29(22-31(43-44-36)27-4-1-2-7-33(27)48)23-8-10-25(11-9-23)46-20-16-26(17-21-46)45-18-14-24(15-19-45)41-30-6-3-5-28-35(30)39(52)47(38(28)51)32-12-13-34(49)42-37(32)50/h1-11,22,24,26,32,41,48H,12-21H2,(H2,40,44)(H,42,49,50). The number of likely N-dealkylation sites (tertiary alicyclic amines) is 1. The molecule has 266 valence electrons. The molecule has 4 aliphatic heterocycles. The Morgan fingerprint density at radius 1 is 0.769 bits per heavy atom. The molecule has 0 radical (unpaired) electrons. The van der Waals surface area contributed by atoms with Crippen molar-refractivity contribution in [3.05, 3.63) is 83.9 Å². The lowest BCUT2D eigenvalue weighted by molar-refractivity contribution is -0.136. The zero-order chi connectivity index (χ0) is 35.9. The predicted octanol–water partition coefficient (Wildman–Crippen LogP) is 4.04. The fourth-order valence-electron chi connectivity index (χ4n) is 8.06. The highest BCUT2D eigenvalue weighted by atomic mass is 16.3. The highest BCUT2D eigenvalue weighted by Gasteiger charge is 2.46. The Bertz CT molecular complexity index is 2050. The summed E-state index contributed by atoms with van der Waals surface area (Å²) in [5.74, 6) is -1.52. The number of hydrogen-bond donors (Lipinski definition) is 4. The van der Waals surface area contributed by atoms with Crippen LogP contribution in [0.4, 0.5) is 17.2 Å². The topological polar surface area (TPSA) is 174 Å². The molecule has 13 nitrogen and oxygen atoms in total. The van der Waals surface area contributed by atoms with Crippen molar-refractivity contribution >= 4 is 40.8 Å². The molecule has 0 spiro atoms. The molecule has 3 saturated heterocycles. The summed E-state index contributed by atoms with van der Waals surface area (Å²) in [6, 6.07) is 22.1. The minimum atomic E-state index is -0.985. The van der Waals surface area contributed by atoms with Crippen LogP contribution in [0, 0.1) is 0 Å². The first-order chi connectivity index (χ1) is 25.2. The van der Waals surface area contributed by atoms with Crippen LogP contribution in [-0.2, 0) is 9.59 Å². The van der Waals surface area contributed by atoms with Gasteiger partial charge in [-0.2, -0.15) is 0 Å². The molecule has 4 amide bonds. The van der Waals surface area contributed by atoms with E-state index in [1.807, 2.05) is 18.2 Å². The Labute approximate surface area is 300 Å². The number of aromatic nitrogens is 2. The van der Waals surface area contributed by atoms with Gasteiger partial charge in [0.25, 0.3) is 11.8 Å². The number of para-hydroxylation sites is 1. The van der Waals surface area contributed by atoms with Gasteiger partial charge in [0, 0.05) is 67.2 Å². The lowest BCUT2D eigenvalue weighted by atomic mass is 9.96. The Morgan fingerprint density at radius 3 is 2.23 bits per heavy atom. The number of nitrogens with two attached hydrogens (primary N) is 1. The van der Waals surface area contributed by atoms with Gasteiger partial charge in [0.15, 0.2) is 5.82 Å². The minimum absolute atomic E-state index is 0.0883. The van der Waals surface area contributed by atoms with Crippen molar-refractivity contribution in [2.45, 2.75) is 56.7 Å². The summed E-state index contributed by atoms with van der Waals surface area (Å²) in [6.45, 7) is 3.78. The molecular formula is C39H40N8O5. The highest BCUT2D eigenvalue weighted by molar-refractivity contribution is 6.25. The number of imide groups is 2. The highest BCUT2D eigenvalue weighted by Crippen LogP contribution is 2.35. The maximum absolute atomic E-state index is 13.5. The lowest BCUT2D eigenvalue weighted by Crippen LogP contribution is -2.54. The maximum atomic E-state index is 13.5. The number of phenolic OH excluding ortho intramolecular Hbond substituents is 1. The number of fused-ring (bicyclic) bond motifs is 1. The first-order valence-corrected chi connectivity index (χ1v) is 17.9. The van der Waals surface area contributed by atoms with Crippen molar-refractivity contribution < 1.29 is 24.3 Å². The Hall–Kier alpha value is -5.82. The predicted molar refractivity (Wildman–Crippen MR) is 196 cm³/mol. The molecule has 0 aliphatic carbocycles. The van der Waals surface area contributed by atoms with Crippen molar-refractivity contribution in [2.24, 2.45) is 0 Å². The Balaban J connectivity index is 0.853. The van der Waals surface area contributed by atoms with Crippen LogP contribution in [0.1, 0.15) is 59.2 Å². The van der Waals surface area contributed by atoms with E-state index >= 15 is 0 Å². The first-order valence-electron chi connectivity index (χ1n) is 17.9. The number of hydrogen-bond acceptors (Lipinski definition) is 11. The third-order valence-electron chi connectivity index (χ3n) is 10.9. The van der Waals surface area contributed by atoms with Crippen molar-refractivity contribution in [1.82, 2.24) is 25.3 Å². The van der Waals surface area contributed by atoms with Crippen LogP contribution in [0.5, 0.6) is 5.75 Å². The Kier molecular flexibility index (Phi) is 8.79. The Morgan fingerprint density at radius 2 is 1.50 bits per heavy atom. The van der Waals surface area contributed by atoms with Crippen LogP contribution in [0.15, 0.2) is 72.8 Å². The van der Waals surface area contributed by atoms with Crippen molar-refractivity contribution in [1.29, 1.82) is 0 Å². The molecule has 13 heteroatoms. The number of amides is 4.